The van der Waals surface area contributed by atoms with Gasteiger partial charge < -0.3 is 30.6 Å². The van der Waals surface area contributed by atoms with E-state index in [9.17, 15) is 34.8 Å². The van der Waals surface area contributed by atoms with Gasteiger partial charge in [-0.3, -0.25) is 14.4 Å². The molecule has 3 aliphatic rings. The molecule has 12 nitrogen and oxygen atoms in total. The standard InChI is InChI=1S/C18H25N5O7/c1-2-3-4-5-6-7-12(24)21-10(9-20-22-19)16(27)23-11-8-18(23,30)15(26)14(25)13(11)17(28)29/h1,10-11,13-15,25-26,30H,3-9H2,(H,21,24)(H,28,29). The van der Waals surface area contributed by atoms with E-state index in [2.05, 4.69) is 21.3 Å². The molecule has 2 aliphatic heterocycles. The van der Waals surface area contributed by atoms with E-state index in [1.54, 1.807) is 0 Å². The molecule has 3 fully saturated rings. The third-order valence-corrected chi connectivity index (χ3v) is 5.55. The van der Waals surface area contributed by atoms with Crippen molar-refractivity contribution in [2.24, 2.45) is 11.0 Å². The molecule has 1 aliphatic carbocycles. The highest BCUT2D eigenvalue weighted by Gasteiger charge is 2.69. The van der Waals surface area contributed by atoms with Crippen molar-refractivity contribution in [2.75, 3.05) is 6.54 Å². The molecule has 0 aromatic rings. The summed E-state index contributed by atoms with van der Waals surface area (Å²) < 4.78 is 0. The van der Waals surface area contributed by atoms with E-state index in [0.29, 0.717) is 19.3 Å². The molecule has 6 unspecified atom stereocenters. The Hall–Kier alpha value is -2.84. The van der Waals surface area contributed by atoms with E-state index in [1.807, 2.05) is 0 Å². The number of aliphatic hydroxyl groups is 3. The Balaban J connectivity index is 2.11. The van der Waals surface area contributed by atoms with Crippen molar-refractivity contribution in [3.8, 4) is 12.3 Å². The van der Waals surface area contributed by atoms with E-state index in [-0.39, 0.29) is 12.8 Å². The van der Waals surface area contributed by atoms with Gasteiger partial charge in [0, 0.05) is 24.2 Å². The molecule has 0 aromatic carbocycles. The molecule has 2 heterocycles. The smallest absolute Gasteiger partial charge is 0.311 e. The number of rotatable bonds is 10. The molecule has 6 atom stereocenters. The quantitative estimate of drug-likeness (QED) is 0.0985. The number of terminal acetylenes is 1. The number of aliphatic carboxylic acids is 1. The molecule has 3 rings (SSSR count). The predicted octanol–water partition coefficient (Wildman–Crippen LogP) is -0.909. The number of nitrogens with zero attached hydrogens (tertiary/aromatic N) is 4. The Morgan fingerprint density at radius 3 is 2.63 bits per heavy atom. The summed E-state index contributed by atoms with van der Waals surface area (Å²) in [5, 5.41) is 45.8. The number of piperidine rings is 1. The zero-order valence-electron chi connectivity index (χ0n) is 16.2. The molecule has 5 N–H and O–H groups in total. The first kappa shape index (κ1) is 23.4. The number of azide groups is 1. The zero-order chi connectivity index (χ0) is 22.5. The van der Waals surface area contributed by atoms with Gasteiger partial charge in [0.1, 0.15) is 18.1 Å². The molecule has 2 amide bonds. The summed E-state index contributed by atoms with van der Waals surface area (Å²) in [6, 6.07) is -2.43. The molecular weight excluding hydrogens is 398 g/mol. The summed E-state index contributed by atoms with van der Waals surface area (Å²) in [5.74, 6) is -1.85. The van der Waals surface area contributed by atoms with Gasteiger partial charge in [-0.2, -0.15) is 0 Å². The predicted molar refractivity (Wildman–Crippen MR) is 101 cm³/mol. The third-order valence-electron chi connectivity index (χ3n) is 5.55. The van der Waals surface area contributed by atoms with E-state index >= 15 is 0 Å². The van der Waals surface area contributed by atoms with Gasteiger partial charge in [-0.25, -0.2) is 0 Å². The maximum atomic E-state index is 13.0. The van der Waals surface area contributed by atoms with Crippen molar-refractivity contribution in [3.63, 3.8) is 0 Å². The van der Waals surface area contributed by atoms with Crippen LogP contribution in [0.4, 0.5) is 0 Å². The summed E-state index contributed by atoms with van der Waals surface area (Å²) in [7, 11) is 0. The molecule has 0 spiro atoms. The summed E-state index contributed by atoms with van der Waals surface area (Å²) in [6.07, 6.45) is 3.93. The van der Waals surface area contributed by atoms with Gasteiger partial charge in [0.05, 0.1) is 18.7 Å². The Labute approximate surface area is 172 Å². The van der Waals surface area contributed by atoms with E-state index in [0.717, 1.165) is 11.3 Å². The van der Waals surface area contributed by atoms with Crippen LogP contribution in [0.5, 0.6) is 0 Å². The van der Waals surface area contributed by atoms with Crippen LogP contribution in [0.1, 0.15) is 38.5 Å². The molecule has 30 heavy (non-hydrogen) atoms. The molecule has 2 saturated heterocycles. The minimum atomic E-state index is -2.17. The van der Waals surface area contributed by atoms with Crippen molar-refractivity contribution < 1.29 is 34.8 Å². The molecule has 0 aromatic heterocycles. The number of carbonyl (C=O) groups is 3. The molecule has 164 valence electrons. The van der Waals surface area contributed by atoms with Crippen LogP contribution in [0.25, 0.3) is 10.4 Å². The van der Waals surface area contributed by atoms with Gasteiger partial charge in [-0.05, 0) is 18.4 Å². The van der Waals surface area contributed by atoms with Crippen LogP contribution >= 0.6 is 0 Å². The van der Waals surface area contributed by atoms with Gasteiger partial charge in [0.2, 0.25) is 11.8 Å². The summed E-state index contributed by atoms with van der Waals surface area (Å²) in [4.78, 5) is 40.0. The molecule has 1 saturated carbocycles. The second-order valence-corrected chi connectivity index (χ2v) is 7.46. The number of hydrogen-bond donors (Lipinski definition) is 5. The van der Waals surface area contributed by atoms with Crippen molar-refractivity contribution >= 4 is 17.8 Å². The Bertz CT molecular complexity index is 777. The second-order valence-electron chi connectivity index (χ2n) is 7.46. The number of unbranched alkanes of at least 4 members (excludes halogenated alkanes) is 3. The normalized spacial score (nSPS) is 30.3. The minimum absolute atomic E-state index is 0.0946. The fourth-order valence-electron chi connectivity index (χ4n) is 4.01. The Kier molecular flexibility index (Phi) is 7.64. The SMILES string of the molecule is C#CCCCCCC(=O)NC(CN=[N+]=[N-])C(=O)N1C2CC1(O)C(O)C(O)C2C(=O)O. The van der Waals surface area contributed by atoms with Crippen molar-refractivity contribution in [1.29, 1.82) is 0 Å². The fraction of sp³-hybridized carbons (Fsp3) is 0.722. The number of carbonyl (C=O) groups excluding carboxylic acids is 2. The van der Waals surface area contributed by atoms with Crippen molar-refractivity contribution in [2.45, 2.75) is 68.5 Å². The molecule has 2 bridgehead atoms. The van der Waals surface area contributed by atoms with Crippen molar-refractivity contribution in [1.82, 2.24) is 10.2 Å². The highest BCUT2D eigenvalue weighted by atomic mass is 16.4. The molecule has 0 radical (unpaired) electrons. The van der Waals surface area contributed by atoms with Crippen LogP contribution in [0.3, 0.4) is 0 Å². The Morgan fingerprint density at radius 2 is 2.03 bits per heavy atom. The Morgan fingerprint density at radius 1 is 1.33 bits per heavy atom. The average molecular weight is 423 g/mol. The van der Waals surface area contributed by atoms with Gasteiger partial charge in [0.25, 0.3) is 0 Å². The lowest BCUT2D eigenvalue weighted by atomic mass is 9.66. The topological polar surface area (TPSA) is 196 Å². The van der Waals surface area contributed by atoms with Crippen LogP contribution in [0.2, 0.25) is 0 Å². The average Bonchev–Trinajstić information content (AvgIpc) is 2.67. The number of aliphatic hydroxyl groups excluding tert-OH is 2. The lowest BCUT2D eigenvalue weighted by Crippen LogP contribution is -2.84. The first-order chi connectivity index (χ1) is 14.2. The maximum Gasteiger partial charge on any atom is 0.311 e. The van der Waals surface area contributed by atoms with E-state index < -0.39 is 60.3 Å². The van der Waals surface area contributed by atoms with Crippen molar-refractivity contribution in [3.05, 3.63) is 10.4 Å². The third kappa shape index (κ3) is 4.49. The minimum Gasteiger partial charge on any atom is -0.481 e. The van der Waals surface area contributed by atoms with E-state index in [1.165, 1.54) is 0 Å². The van der Waals surface area contributed by atoms with E-state index in [4.69, 9.17) is 12.0 Å². The largest absolute Gasteiger partial charge is 0.481 e. The molecular formula is C18H25N5O7. The lowest BCUT2D eigenvalue weighted by Gasteiger charge is -2.64. The van der Waals surface area contributed by atoms with Crippen LogP contribution in [0.15, 0.2) is 5.11 Å². The van der Waals surface area contributed by atoms with Crippen LogP contribution in [-0.4, -0.2) is 79.7 Å². The first-order valence-electron chi connectivity index (χ1n) is 9.57. The van der Waals surface area contributed by atoms with Gasteiger partial charge in [-0.15, -0.1) is 12.3 Å². The number of nitrogens with one attached hydrogen (secondary N) is 1. The van der Waals surface area contributed by atoms with Crippen LogP contribution in [0, 0.1) is 18.3 Å². The maximum absolute atomic E-state index is 13.0. The summed E-state index contributed by atoms with van der Waals surface area (Å²) in [6.45, 7) is -0.464. The van der Waals surface area contributed by atoms with Crippen LogP contribution < -0.4 is 5.32 Å². The highest BCUT2D eigenvalue weighted by Crippen LogP contribution is 2.49. The summed E-state index contributed by atoms with van der Waals surface area (Å²) in [5.41, 5.74) is 6.41. The first-order valence-corrected chi connectivity index (χ1v) is 9.57. The number of amides is 2. The number of carboxylic acids is 1. The molecule has 12 heteroatoms. The monoisotopic (exact) mass is 423 g/mol. The number of fused-ring (bicyclic) bond motifs is 2. The number of carboxylic acid groups (broad SMARTS) is 1. The fourth-order valence-corrected chi connectivity index (χ4v) is 4.01. The zero-order valence-corrected chi connectivity index (χ0v) is 16.2. The lowest BCUT2D eigenvalue weighted by molar-refractivity contribution is -0.320. The van der Waals surface area contributed by atoms with Gasteiger partial charge in [0.15, 0.2) is 5.72 Å². The summed E-state index contributed by atoms with van der Waals surface area (Å²) >= 11 is 0. The highest BCUT2D eigenvalue weighted by molar-refractivity contribution is 5.90. The second kappa shape index (κ2) is 9.77. The van der Waals surface area contributed by atoms with Gasteiger partial charge >= 0.3 is 5.97 Å². The van der Waals surface area contributed by atoms with Gasteiger partial charge in [-0.1, -0.05) is 11.5 Å². The number of hydrogen-bond acceptors (Lipinski definition) is 7. The van der Waals surface area contributed by atoms with Crippen LogP contribution in [-0.2, 0) is 14.4 Å².